The van der Waals surface area contributed by atoms with E-state index in [1.807, 2.05) is 24.0 Å². The van der Waals surface area contributed by atoms with Crippen molar-refractivity contribution in [1.29, 1.82) is 0 Å². The van der Waals surface area contributed by atoms with Crippen LogP contribution < -0.4 is 0 Å². The summed E-state index contributed by atoms with van der Waals surface area (Å²) >= 11 is 0. The minimum absolute atomic E-state index is 0.102. The molecule has 6 nitrogen and oxygen atoms in total. The highest BCUT2D eigenvalue weighted by atomic mass is 16.2. The van der Waals surface area contributed by atoms with Crippen LogP contribution in [0.2, 0.25) is 0 Å². The topological polar surface area (TPSA) is 74.8 Å². The first kappa shape index (κ1) is 16.7. The van der Waals surface area contributed by atoms with E-state index in [2.05, 4.69) is 39.2 Å². The summed E-state index contributed by atoms with van der Waals surface area (Å²) in [6.45, 7) is 5.54. The molecule has 26 heavy (non-hydrogen) atoms. The maximum absolute atomic E-state index is 13.2. The first-order valence-corrected chi connectivity index (χ1v) is 9.20. The number of hydrogen-bond donors (Lipinski definition) is 1. The second-order valence-electron chi connectivity index (χ2n) is 6.95. The van der Waals surface area contributed by atoms with E-state index in [-0.39, 0.29) is 5.91 Å². The Bertz CT molecular complexity index is 927. The zero-order chi connectivity index (χ0) is 18.1. The van der Waals surface area contributed by atoms with E-state index in [4.69, 9.17) is 0 Å². The zero-order valence-electron chi connectivity index (χ0n) is 15.2. The third-order valence-corrected chi connectivity index (χ3v) is 5.24. The second-order valence-corrected chi connectivity index (χ2v) is 6.95. The molecule has 6 heteroatoms. The lowest BCUT2D eigenvalue weighted by Gasteiger charge is -2.31. The number of H-pyrrole nitrogens is 1. The van der Waals surface area contributed by atoms with Gasteiger partial charge in [0.15, 0.2) is 0 Å². The number of rotatable bonds is 3. The number of piperidine rings is 1. The Morgan fingerprint density at radius 3 is 2.77 bits per heavy atom. The van der Waals surface area contributed by atoms with Gasteiger partial charge in [-0.25, -0.2) is 4.98 Å². The van der Waals surface area contributed by atoms with Crippen molar-refractivity contribution in [3.8, 4) is 0 Å². The van der Waals surface area contributed by atoms with Gasteiger partial charge in [0.1, 0.15) is 12.2 Å². The van der Waals surface area contributed by atoms with Crippen LogP contribution in [0.5, 0.6) is 0 Å². The number of aromatic amines is 1. The lowest BCUT2D eigenvalue weighted by molar-refractivity contribution is 0.0713. The molecule has 1 aliphatic heterocycles. The van der Waals surface area contributed by atoms with Crippen LogP contribution in [0, 0.1) is 6.92 Å². The Morgan fingerprint density at radius 2 is 2.08 bits per heavy atom. The average Bonchev–Trinajstić information content (AvgIpc) is 3.21. The van der Waals surface area contributed by atoms with Crippen molar-refractivity contribution in [2.24, 2.45) is 0 Å². The van der Waals surface area contributed by atoms with E-state index in [1.165, 1.54) is 5.56 Å². The van der Waals surface area contributed by atoms with Crippen LogP contribution in [-0.2, 0) is 6.42 Å². The smallest absolute Gasteiger partial charge is 0.254 e. The number of carbonyl (C=O) groups is 1. The number of aryl methyl sites for hydroxylation is 2. The summed E-state index contributed by atoms with van der Waals surface area (Å²) in [6.07, 6.45) is 4.30. The van der Waals surface area contributed by atoms with Crippen molar-refractivity contribution < 1.29 is 4.79 Å². The molecule has 2 aromatic heterocycles. The van der Waals surface area contributed by atoms with E-state index in [9.17, 15) is 4.79 Å². The predicted octanol–water partition coefficient (Wildman–Crippen LogP) is 3.24. The SMILES string of the molecule is CCc1ccc2nc(C)cc(C(=O)N3CCC(c4ncn[nH]4)CC3)c2c1. The molecule has 3 heterocycles. The van der Waals surface area contributed by atoms with Crippen LogP contribution in [0.25, 0.3) is 10.9 Å². The molecule has 0 saturated carbocycles. The van der Waals surface area contributed by atoms with Crippen molar-refractivity contribution in [1.82, 2.24) is 25.1 Å². The second kappa shape index (κ2) is 6.86. The summed E-state index contributed by atoms with van der Waals surface area (Å²) in [5.74, 6) is 1.38. The quantitative estimate of drug-likeness (QED) is 0.788. The molecule has 4 rings (SSSR count). The summed E-state index contributed by atoms with van der Waals surface area (Å²) in [5.41, 5.74) is 3.76. The highest BCUT2D eigenvalue weighted by Gasteiger charge is 2.27. The Morgan fingerprint density at radius 1 is 1.27 bits per heavy atom. The highest BCUT2D eigenvalue weighted by Crippen LogP contribution is 2.28. The zero-order valence-corrected chi connectivity index (χ0v) is 15.2. The number of hydrogen-bond acceptors (Lipinski definition) is 4. The number of aromatic nitrogens is 4. The number of benzene rings is 1. The summed E-state index contributed by atoms with van der Waals surface area (Å²) in [5, 5.41) is 7.85. The molecule has 1 amide bonds. The largest absolute Gasteiger partial charge is 0.339 e. The molecule has 0 unspecified atom stereocenters. The number of nitrogens with one attached hydrogen (secondary N) is 1. The summed E-state index contributed by atoms with van der Waals surface area (Å²) < 4.78 is 0. The molecular weight excluding hydrogens is 326 g/mol. The van der Waals surface area contributed by atoms with Gasteiger partial charge in [0.05, 0.1) is 11.1 Å². The Balaban J connectivity index is 1.60. The third-order valence-electron chi connectivity index (χ3n) is 5.24. The van der Waals surface area contributed by atoms with Gasteiger partial charge in [-0.05, 0) is 49.9 Å². The highest BCUT2D eigenvalue weighted by molar-refractivity contribution is 6.06. The van der Waals surface area contributed by atoms with Crippen molar-refractivity contribution in [2.45, 2.75) is 39.0 Å². The first-order chi connectivity index (χ1) is 12.7. The van der Waals surface area contributed by atoms with Gasteiger partial charge in [0, 0.05) is 30.1 Å². The summed E-state index contributed by atoms with van der Waals surface area (Å²) in [6, 6.07) is 8.14. The van der Waals surface area contributed by atoms with Gasteiger partial charge in [-0.3, -0.25) is 14.9 Å². The van der Waals surface area contributed by atoms with Crippen LogP contribution in [0.1, 0.15) is 53.1 Å². The average molecular weight is 349 g/mol. The van der Waals surface area contributed by atoms with E-state index in [1.54, 1.807) is 6.33 Å². The molecule has 0 aliphatic carbocycles. The van der Waals surface area contributed by atoms with Crippen molar-refractivity contribution in [3.05, 3.63) is 53.2 Å². The Kier molecular flexibility index (Phi) is 4.41. The molecule has 0 atom stereocenters. The molecule has 0 bridgehead atoms. The molecule has 1 N–H and O–H groups in total. The molecule has 0 spiro atoms. The Labute approximate surface area is 152 Å². The van der Waals surface area contributed by atoms with Crippen molar-refractivity contribution in [3.63, 3.8) is 0 Å². The predicted molar refractivity (Wildman–Crippen MR) is 100 cm³/mol. The number of fused-ring (bicyclic) bond motifs is 1. The van der Waals surface area contributed by atoms with Gasteiger partial charge in [0.25, 0.3) is 5.91 Å². The van der Waals surface area contributed by atoms with Gasteiger partial charge < -0.3 is 4.90 Å². The molecule has 1 fully saturated rings. The molecule has 1 aliphatic rings. The summed E-state index contributed by atoms with van der Waals surface area (Å²) in [4.78, 5) is 24.0. The molecule has 1 saturated heterocycles. The monoisotopic (exact) mass is 349 g/mol. The standard InChI is InChI=1S/C20H23N5O/c1-3-14-4-5-18-16(11-14)17(10-13(2)23-18)20(26)25-8-6-15(7-9-25)19-21-12-22-24-19/h4-5,10-12,15H,3,6-9H2,1-2H3,(H,21,22,24). The van der Waals surface area contributed by atoms with E-state index >= 15 is 0 Å². The lowest BCUT2D eigenvalue weighted by Crippen LogP contribution is -2.38. The molecule has 3 aromatic rings. The van der Waals surface area contributed by atoms with Crippen LogP contribution in [0.15, 0.2) is 30.6 Å². The lowest BCUT2D eigenvalue weighted by atomic mass is 9.95. The molecular formula is C20H23N5O. The van der Waals surface area contributed by atoms with E-state index in [0.717, 1.165) is 60.3 Å². The van der Waals surface area contributed by atoms with E-state index in [0.29, 0.717) is 5.92 Å². The van der Waals surface area contributed by atoms with Gasteiger partial charge in [-0.15, -0.1) is 0 Å². The van der Waals surface area contributed by atoms with E-state index < -0.39 is 0 Å². The van der Waals surface area contributed by atoms with Gasteiger partial charge >= 0.3 is 0 Å². The van der Waals surface area contributed by atoms with Crippen LogP contribution in [0.4, 0.5) is 0 Å². The summed E-state index contributed by atoms with van der Waals surface area (Å²) in [7, 11) is 0. The normalized spacial score (nSPS) is 15.5. The number of amides is 1. The number of nitrogens with zero attached hydrogens (tertiary/aromatic N) is 4. The number of carbonyl (C=O) groups excluding carboxylic acids is 1. The number of pyridine rings is 1. The van der Waals surface area contributed by atoms with Crippen molar-refractivity contribution >= 4 is 16.8 Å². The fourth-order valence-corrected chi connectivity index (χ4v) is 3.74. The fraction of sp³-hybridized carbons (Fsp3) is 0.400. The van der Waals surface area contributed by atoms with Crippen molar-refractivity contribution in [2.75, 3.05) is 13.1 Å². The van der Waals surface area contributed by atoms with Crippen LogP contribution in [0.3, 0.4) is 0 Å². The fourth-order valence-electron chi connectivity index (χ4n) is 3.74. The van der Waals surface area contributed by atoms with Crippen LogP contribution in [-0.4, -0.2) is 44.1 Å². The maximum atomic E-state index is 13.2. The van der Waals surface area contributed by atoms with Crippen LogP contribution >= 0.6 is 0 Å². The van der Waals surface area contributed by atoms with Gasteiger partial charge in [-0.1, -0.05) is 13.0 Å². The third kappa shape index (κ3) is 3.07. The number of likely N-dealkylation sites (tertiary alicyclic amines) is 1. The molecule has 134 valence electrons. The Hall–Kier alpha value is -2.76. The molecule has 0 radical (unpaired) electrons. The molecule has 1 aromatic carbocycles. The van der Waals surface area contributed by atoms with Gasteiger partial charge in [0.2, 0.25) is 0 Å². The van der Waals surface area contributed by atoms with Gasteiger partial charge in [-0.2, -0.15) is 5.10 Å². The maximum Gasteiger partial charge on any atom is 0.254 e. The first-order valence-electron chi connectivity index (χ1n) is 9.20. The minimum atomic E-state index is 0.102. The minimum Gasteiger partial charge on any atom is -0.339 e.